The first-order valence-corrected chi connectivity index (χ1v) is 5.34. The average Bonchev–Trinajstić information content (AvgIpc) is 2.26. The van der Waals surface area contributed by atoms with Crippen LogP contribution < -0.4 is 10.5 Å². The molecule has 1 aromatic rings. The maximum Gasteiger partial charge on any atom is 0.250 e. The van der Waals surface area contributed by atoms with E-state index in [4.69, 9.17) is 10.5 Å². The summed E-state index contributed by atoms with van der Waals surface area (Å²) in [6.07, 6.45) is -0.573. The third-order valence-electron chi connectivity index (χ3n) is 3.35. The zero-order valence-electron chi connectivity index (χ0n) is 9.47. The van der Waals surface area contributed by atoms with Crippen molar-refractivity contribution in [3.8, 4) is 5.75 Å². The molecule has 2 nitrogen and oxygen atoms in total. The van der Waals surface area contributed by atoms with Crippen LogP contribution >= 0.6 is 0 Å². The lowest BCUT2D eigenvalue weighted by molar-refractivity contribution is -0.123. The minimum absolute atomic E-state index is 0.0607. The third-order valence-corrected chi connectivity index (χ3v) is 3.35. The summed E-state index contributed by atoms with van der Waals surface area (Å²) >= 11 is 0. The molecule has 2 N–H and O–H groups in total. The van der Waals surface area contributed by atoms with Gasteiger partial charge in [0, 0.05) is 24.8 Å². The van der Waals surface area contributed by atoms with E-state index < -0.39 is 17.2 Å². The van der Waals surface area contributed by atoms with Crippen molar-refractivity contribution in [2.75, 3.05) is 13.7 Å². The first kappa shape index (κ1) is 12.2. The topological polar surface area (TPSA) is 35.2 Å². The van der Waals surface area contributed by atoms with Gasteiger partial charge in [0.1, 0.15) is 0 Å². The molecule has 94 valence electrons. The third kappa shape index (κ3) is 1.99. The number of methoxy groups -OCH3 is 1. The van der Waals surface area contributed by atoms with Gasteiger partial charge in [0.25, 0.3) is 0 Å². The molecule has 1 fully saturated rings. The van der Waals surface area contributed by atoms with Crippen molar-refractivity contribution in [3.05, 3.63) is 29.6 Å². The summed E-state index contributed by atoms with van der Waals surface area (Å²) in [6.45, 7) is 0.122. The molecule has 0 spiro atoms. The molecule has 17 heavy (non-hydrogen) atoms. The van der Waals surface area contributed by atoms with Crippen LogP contribution in [0, 0.1) is 5.82 Å². The SMILES string of the molecule is COc1cc(C2(CN)CC(F)(F)C2)ccc1F. The molecule has 0 unspecified atom stereocenters. The van der Waals surface area contributed by atoms with Crippen molar-refractivity contribution in [1.82, 2.24) is 0 Å². The lowest BCUT2D eigenvalue weighted by Gasteiger charge is -2.47. The van der Waals surface area contributed by atoms with E-state index in [2.05, 4.69) is 0 Å². The Kier molecular flexibility index (Phi) is 2.81. The lowest BCUT2D eigenvalue weighted by atomic mass is 9.62. The van der Waals surface area contributed by atoms with E-state index in [1.807, 2.05) is 0 Å². The standard InChI is InChI=1S/C12H14F3NO/c1-17-10-4-8(2-3-9(10)13)11(7-16)5-12(14,15)6-11/h2-4H,5-7,16H2,1H3. The molecule has 1 aliphatic rings. The van der Waals surface area contributed by atoms with Gasteiger partial charge < -0.3 is 10.5 Å². The van der Waals surface area contributed by atoms with Gasteiger partial charge in [0.15, 0.2) is 11.6 Å². The molecular weight excluding hydrogens is 231 g/mol. The Morgan fingerprint density at radius 2 is 2.00 bits per heavy atom. The minimum atomic E-state index is -2.67. The fourth-order valence-corrected chi connectivity index (χ4v) is 2.39. The van der Waals surface area contributed by atoms with E-state index >= 15 is 0 Å². The van der Waals surface area contributed by atoms with Crippen LogP contribution in [0.25, 0.3) is 0 Å². The van der Waals surface area contributed by atoms with Crippen LogP contribution in [-0.4, -0.2) is 19.6 Å². The molecule has 2 rings (SSSR count). The number of ether oxygens (including phenoxy) is 1. The summed E-state index contributed by atoms with van der Waals surface area (Å²) in [5.74, 6) is -3.11. The molecule has 1 aliphatic carbocycles. The van der Waals surface area contributed by atoms with E-state index in [0.717, 1.165) is 0 Å². The number of rotatable bonds is 3. The molecule has 0 bridgehead atoms. The molecule has 0 aromatic heterocycles. The number of hydrogen-bond acceptors (Lipinski definition) is 2. The number of benzene rings is 1. The summed E-state index contributed by atoms with van der Waals surface area (Å²) in [6, 6.07) is 4.18. The van der Waals surface area contributed by atoms with E-state index in [1.54, 1.807) is 0 Å². The molecule has 0 aliphatic heterocycles. The van der Waals surface area contributed by atoms with Crippen LogP contribution in [-0.2, 0) is 5.41 Å². The summed E-state index contributed by atoms with van der Waals surface area (Å²) in [7, 11) is 1.34. The van der Waals surface area contributed by atoms with Gasteiger partial charge >= 0.3 is 0 Å². The Labute approximate surface area is 97.6 Å². The van der Waals surface area contributed by atoms with Crippen molar-refractivity contribution in [2.45, 2.75) is 24.2 Å². The zero-order chi connectivity index (χ0) is 12.7. The van der Waals surface area contributed by atoms with Gasteiger partial charge in [-0.3, -0.25) is 0 Å². The van der Waals surface area contributed by atoms with Crippen molar-refractivity contribution < 1.29 is 17.9 Å². The Balaban J connectivity index is 2.33. The van der Waals surface area contributed by atoms with Gasteiger partial charge in [-0.1, -0.05) is 6.07 Å². The molecule has 0 atom stereocenters. The Bertz CT molecular complexity index is 426. The van der Waals surface area contributed by atoms with E-state index in [-0.39, 0.29) is 25.1 Å². The van der Waals surface area contributed by atoms with Gasteiger partial charge in [-0.2, -0.15) is 0 Å². The number of nitrogens with two attached hydrogens (primary N) is 1. The molecule has 0 saturated heterocycles. The highest BCUT2D eigenvalue weighted by Crippen LogP contribution is 2.53. The van der Waals surface area contributed by atoms with Gasteiger partial charge in [-0.05, 0) is 17.7 Å². The average molecular weight is 245 g/mol. The largest absolute Gasteiger partial charge is 0.494 e. The van der Waals surface area contributed by atoms with Gasteiger partial charge in [-0.25, -0.2) is 13.2 Å². The van der Waals surface area contributed by atoms with E-state index in [1.165, 1.54) is 25.3 Å². The van der Waals surface area contributed by atoms with Gasteiger partial charge in [-0.15, -0.1) is 0 Å². The lowest BCUT2D eigenvalue weighted by Crippen LogP contribution is -2.53. The van der Waals surface area contributed by atoms with Crippen molar-refractivity contribution >= 4 is 0 Å². The molecule has 1 saturated carbocycles. The fourth-order valence-electron chi connectivity index (χ4n) is 2.39. The Hall–Kier alpha value is -1.23. The Morgan fingerprint density at radius 3 is 2.47 bits per heavy atom. The summed E-state index contributed by atoms with van der Waals surface area (Å²) in [5, 5.41) is 0. The molecule has 0 radical (unpaired) electrons. The monoisotopic (exact) mass is 245 g/mol. The number of halogens is 3. The first-order chi connectivity index (χ1) is 7.92. The molecule has 0 amide bonds. The van der Waals surface area contributed by atoms with Crippen LogP contribution in [0.5, 0.6) is 5.75 Å². The van der Waals surface area contributed by atoms with Crippen LogP contribution in [0.1, 0.15) is 18.4 Å². The molecule has 5 heteroatoms. The second-order valence-corrected chi connectivity index (χ2v) is 4.54. The predicted molar refractivity (Wildman–Crippen MR) is 57.9 cm³/mol. The van der Waals surface area contributed by atoms with Crippen molar-refractivity contribution in [2.24, 2.45) is 5.73 Å². The number of hydrogen-bond donors (Lipinski definition) is 1. The molecule has 0 heterocycles. The highest BCUT2D eigenvalue weighted by atomic mass is 19.3. The van der Waals surface area contributed by atoms with Crippen molar-refractivity contribution in [3.63, 3.8) is 0 Å². The smallest absolute Gasteiger partial charge is 0.250 e. The van der Waals surface area contributed by atoms with Crippen LogP contribution in [0.2, 0.25) is 0 Å². The minimum Gasteiger partial charge on any atom is -0.494 e. The second-order valence-electron chi connectivity index (χ2n) is 4.54. The second kappa shape index (κ2) is 3.91. The molecular formula is C12H14F3NO. The molecule has 1 aromatic carbocycles. The van der Waals surface area contributed by atoms with Gasteiger partial charge in [0.05, 0.1) is 7.11 Å². The quantitative estimate of drug-likeness (QED) is 0.887. The van der Waals surface area contributed by atoms with Crippen LogP contribution in [0.3, 0.4) is 0 Å². The Morgan fingerprint density at radius 1 is 1.35 bits per heavy atom. The summed E-state index contributed by atoms with van der Waals surface area (Å²) < 4.78 is 44.1. The first-order valence-electron chi connectivity index (χ1n) is 5.34. The maximum atomic E-state index is 13.2. The van der Waals surface area contributed by atoms with Crippen LogP contribution in [0.15, 0.2) is 18.2 Å². The van der Waals surface area contributed by atoms with E-state index in [0.29, 0.717) is 5.56 Å². The van der Waals surface area contributed by atoms with E-state index in [9.17, 15) is 13.2 Å². The highest BCUT2D eigenvalue weighted by molar-refractivity contribution is 5.38. The summed E-state index contributed by atoms with van der Waals surface area (Å²) in [5.41, 5.74) is 5.45. The van der Waals surface area contributed by atoms with Gasteiger partial charge in [0.2, 0.25) is 5.92 Å². The zero-order valence-corrected chi connectivity index (χ0v) is 9.47. The van der Waals surface area contributed by atoms with Crippen molar-refractivity contribution in [1.29, 1.82) is 0 Å². The number of alkyl halides is 2. The highest BCUT2D eigenvalue weighted by Gasteiger charge is 2.56. The maximum absolute atomic E-state index is 13.2. The van der Waals surface area contributed by atoms with Crippen LogP contribution in [0.4, 0.5) is 13.2 Å². The predicted octanol–water partition coefficient (Wildman–Crippen LogP) is 2.46. The summed E-state index contributed by atoms with van der Waals surface area (Å²) in [4.78, 5) is 0. The normalized spacial score (nSPS) is 20.8. The fraction of sp³-hybridized carbons (Fsp3) is 0.500.